The molecule has 0 saturated carbocycles. The molecule has 0 radical (unpaired) electrons. The molecule has 0 spiro atoms. The second kappa shape index (κ2) is 5.70. The summed E-state index contributed by atoms with van der Waals surface area (Å²) in [6, 6.07) is 4.19. The Labute approximate surface area is 150 Å². The van der Waals surface area contributed by atoms with Gasteiger partial charge >= 0.3 is 6.18 Å². The number of alkyl halides is 3. The van der Waals surface area contributed by atoms with E-state index in [1.807, 2.05) is 6.92 Å². The molecule has 9 heteroatoms. The van der Waals surface area contributed by atoms with Gasteiger partial charge in [-0.2, -0.15) is 23.4 Å². The first-order valence-electron chi connectivity index (χ1n) is 7.89. The Balaban J connectivity index is 2.14. The molecule has 0 fully saturated rings. The van der Waals surface area contributed by atoms with Crippen molar-refractivity contribution in [3.63, 3.8) is 0 Å². The standard InChI is InChI=1S/C17H13ClF3N5/c1-3-13-23-16-8(2)4-11(17(19,20)21)15(26(16)25-13)9-5-10-7-22-24-14(10)12(18)6-9/h4-7H,3H2,1-2H3,(H,22,24). The van der Waals surface area contributed by atoms with Crippen LogP contribution in [-0.4, -0.2) is 24.8 Å². The Hall–Kier alpha value is -2.61. The number of aryl methyl sites for hydroxylation is 2. The summed E-state index contributed by atoms with van der Waals surface area (Å²) in [5.74, 6) is 0.476. The van der Waals surface area contributed by atoms with E-state index in [9.17, 15) is 13.2 Å². The molecule has 0 aliphatic carbocycles. The van der Waals surface area contributed by atoms with Crippen LogP contribution in [0, 0.1) is 6.92 Å². The van der Waals surface area contributed by atoms with Crippen LogP contribution >= 0.6 is 11.6 Å². The normalized spacial score (nSPS) is 12.4. The van der Waals surface area contributed by atoms with Crippen LogP contribution in [0.1, 0.15) is 23.9 Å². The third kappa shape index (κ3) is 2.52. The summed E-state index contributed by atoms with van der Waals surface area (Å²) in [6.07, 6.45) is -2.52. The molecule has 1 N–H and O–H groups in total. The van der Waals surface area contributed by atoms with Crippen molar-refractivity contribution >= 4 is 28.2 Å². The van der Waals surface area contributed by atoms with Gasteiger partial charge in [0.15, 0.2) is 11.5 Å². The molecule has 0 aliphatic heterocycles. The highest BCUT2D eigenvalue weighted by atomic mass is 35.5. The molecular weight excluding hydrogens is 367 g/mol. The number of fused-ring (bicyclic) bond motifs is 2. The lowest BCUT2D eigenvalue weighted by Gasteiger charge is -2.16. The van der Waals surface area contributed by atoms with E-state index in [4.69, 9.17) is 11.6 Å². The first kappa shape index (κ1) is 16.8. The first-order valence-corrected chi connectivity index (χ1v) is 8.27. The number of halogens is 4. The maximum Gasteiger partial charge on any atom is 0.418 e. The second-order valence-corrected chi connectivity index (χ2v) is 6.40. The lowest BCUT2D eigenvalue weighted by molar-refractivity contribution is -0.137. The van der Waals surface area contributed by atoms with Crippen molar-refractivity contribution in [3.05, 3.63) is 46.4 Å². The average Bonchev–Trinajstić information content (AvgIpc) is 3.20. The Morgan fingerprint density at radius 1 is 1.23 bits per heavy atom. The number of aromatic amines is 1. The first-order chi connectivity index (χ1) is 12.3. The molecule has 3 heterocycles. The maximum atomic E-state index is 13.8. The van der Waals surface area contributed by atoms with Crippen molar-refractivity contribution in [2.75, 3.05) is 0 Å². The van der Waals surface area contributed by atoms with Gasteiger partial charge in [-0.25, -0.2) is 9.50 Å². The zero-order valence-corrected chi connectivity index (χ0v) is 14.6. The van der Waals surface area contributed by atoms with Gasteiger partial charge in [0, 0.05) is 17.4 Å². The Morgan fingerprint density at radius 3 is 2.69 bits per heavy atom. The largest absolute Gasteiger partial charge is 0.418 e. The molecular formula is C17H13ClF3N5. The highest BCUT2D eigenvalue weighted by molar-refractivity contribution is 6.35. The number of rotatable bonds is 2. The van der Waals surface area contributed by atoms with E-state index in [-0.39, 0.29) is 10.7 Å². The number of hydrogen-bond donors (Lipinski definition) is 1. The van der Waals surface area contributed by atoms with Crippen LogP contribution in [0.2, 0.25) is 5.02 Å². The predicted molar refractivity (Wildman–Crippen MR) is 92.2 cm³/mol. The predicted octanol–water partition coefficient (Wildman–Crippen LogP) is 4.82. The van der Waals surface area contributed by atoms with Crippen LogP contribution in [-0.2, 0) is 12.6 Å². The lowest BCUT2D eigenvalue weighted by atomic mass is 10.0. The van der Waals surface area contributed by atoms with Crippen molar-refractivity contribution < 1.29 is 13.2 Å². The van der Waals surface area contributed by atoms with Gasteiger partial charge in [0.25, 0.3) is 0 Å². The fourth-order valence-corrected chi connectivity index (χ4v) is 3.29. The van der Waals surface area contributed by atoms with Crippen LogP contribution in [0.15, 0.2) is 24.4 Å². The molecule has 1 aromatic carbocycles. The topological polar surface area (TPSA) is 58.9 Å². The fraction of sp³-hybridized carbons (Fsp3) is 0.235. The highest BCUT2D eigenvalue weighted by Crippen LogP contribution is 2.40. The summed E-state index contributed by atoms with van der Waals surface area (Å²) in [5.41, 5.74) is 0.801. The molecule has 3 aromatic heterocycles. The molecule has 26 heavy (non-hydrogen) atoms. The number of H-pyrrole nitrogens is 1. The van der Waals surface area contributed by atoms with Crippen LogP contribution in [0.3, 0.4) is 0 Å². The lowest BCUT2D eigenvalue weighted by Crippen LogP contribution is -2.12. The molecule has 5 nitrogen and oxygen atoms in total. The van der Waals surface area contributed by atoms with E-state index in [0.29, 0.717) is 39.9 Å². The third-order valence-electron chi connectivity index (χ3n) is 4.23. The van der Waals surface area contributed by atoms with E-state index < -0.39 is 11.7 Å². The second-order valence-electron chi connectivity index (χ2n) is 6.00. The van der Waals surface area contributed by atoms with Crippen LogP contribution in [0.25, 0.3) is 27.8 Å². The SMILES string of the molecule is CCc1nc2c(C)cc(C(F)(F)F)c(-c3cc(Cl)c4[nH]ncc4c3)n2n1. The fourth-order valence-electron chi connectivity index (χ4n) is 3.02. The van der Waals surface area contributed by atoms with Gasteiger partial charge < -0.3 is 0 Å². The summed E-state index contributed by atoms with van der Waals surface area (Å²) in [4.78, 5) is 4.35. The van der Waals surface area contributed by atoms with Gasteiger partial charge in [-0.15, -0.1) is 0 Å². The molecule has 0 aliphatic rings. The minimum Gasteiger partial charge on any atom is -0.276 e. The minimum absolute atomic E-state index is 0.0877. The van der Waals surface area contributed by atoms with Gasteiger partial charge in [0.2, 0.25) is 0 Å². The zero-order valence-electron chi connectivity index (χ0n) is 13.8. The number of nitrogens with one attached hydrogen (secondary N) is 1. The van der Waals surface area contributed by atoms with Gasteiger partial charge in [-0.05, 0) is 30.7 Å². The molecule has 0 bridgehead atoms. The Morgan fingerprint density at radius 2 is 2.00 bits per heavy atom. The van der Waals surface area contributed by atoms with Crippen molar-refractivity contribution in [1.82, 2.24) is 24.8 Å². The van der Waals surface area contributed by atoms with Gasteiger partial charge in [0.05, 0.1) is 28.0 Å². The molecule has 0 amide bonds. The smallest absolute Gasteiger partial charge is 0.276 e. The molecule has 4 rings (SSSR count). The summed E-state index contributed by atoms with van der Waals surface area (Å²) in [7, 11) is 0. The molecule has 134 valence electrons. The third-order valence-corrected chi connectivity index (χ3v) is 4.53. The van der Waals surface area contributed by atoms with Gasteiger partial charge in [-0.3, -0.25) is 5.10 Å². The van der Waals surface area contributed by atoms with Crippen molar-refractivity contribution in [2.24, 2.45) is 0 Å². The minimum atomic E-state index is -4.55. The van der Waals surface area contributed by atoms with Crippen molar-refractivity contribution in [1.29, 1.82) is 0 Å². The summed E-state index contributed by atoms with van der Waals surface area (Å²) < 4.78 is 42.6. The maximum absolute atomic E-state index is 13.8. The number of benzene rings is 1. The van der Waals surface area contributed by atoms with Gasteiger partial charge in [-0.1, -0.05) is 18.5 Å². The summed E-state index contributed by atoms with van der Waals surface area (Å²) in [6.45, 7) is 3.44. The molecule has 0 saturated heterocycles. The highest BCUT2D eigenvalue weighted by Gasteiger charge is 2.36. The quantitative estimate of drug-likeness (QED) is 0.543. The van der Waals surface area contributed by atoms with Crippen LogP contribution < -0.4 is 0 Å². The van der Waals surface area contributed by atoms with Crippen molar-refractivity contribution in [3.8, 4) is 11.3 Å². The zero-order chi connectivity index (χ0) is 18.6. The number of nitrogens with zero attached hydrogens (tertiary/aromatic N) is 4. The van der Waals surface area contributed by atoms with E-state index in [1.165, 1.54) is 16.8 Å². The van der Waals surface area contributed by atoms with E-state index >= 15 is 0 Å². The Bertz CT molecular complexity index is 1140. The summed E-state index contributed by atoms with van der Waals surface area (Å²) >= 11 is 6.24. The summed E-state index contributed by atoms with van der Waals surface area (Å²) in [5, 5.41) is 11.8. The van der Waals surface area contributed by atoms with E-state index in [1.54, 1.807) is 13.0 Å². The monoisotopic (exact) mass is 379 g/mol. The molecule has 0 unspecified atom stereocenters. The average molecular weight is 380 g/mol. The number of pyridine rings is 1. The van der Waals surface area contributed by atoms with E-state index in [2.05, 4.69) is 20.3 Å². The van der Waals surface area contributed by atoms with Crippen molar-refractivity contribution in [2.45, 2.75) is 26.4 Å². The van der Waals surface area contributed by atoms with E-state index in [0.717, 1.165) is 6.07 Å². The number of aromatic nitrogens is 5. The van der Waals surface area contributed by atoms with Crippen LogP contribution in [0.5, 0.6) is 0 Å². The Kier molecular flexibility index (Phi) is 3.69. The molecule has 4 aromatic rings. The number of hydrogen-bond acceptors (Lipinski definition) is 3. The molecule has 0 atom stereocenters. The van der Waals surface area contributed by atoms with Gasteiger partial charge in [0.1, 0.15) is 0 Å². The van der Waals surface area contributed by atoms with Crippen LogP contribution in [0.4, 0.5) is 13.2 Å².